The van der Waals surface area contributed by atoms with E-state index in [0.717, 1.165) is 26.2 Å². The molecule has 0 aromatic heterocycles. The quantitative estimate of drug-likeness (QED) is 0.711. The summed E-state index contributed by atoms with van der Waals surface area (Å²) in [6.45, 7) is 3.24. The fraction of sp³-hybridized carbons (Fsp3) is 0.467. The summed E-state index contributed by atoms with van der Waals surface area (Å²) in [4.78, 5) is 24.8. The summed E-state index contributed by atoms with van der Waals surface area (Å²) in [6, 6.07) is 4.40. The molecule has 2 fully saturated rings. The smallest absolute Gasteiger partial charge is 0.249 e. The van der Waals surface area contributed by atoms with E-state index in [-0.39, 0.29) is 30.0 Å². The zero-order valence-corrected chi connectivity index (χ0v) is 13.4. The van der Waals surface area contributed by atoms with Gasteiger partial charge in [-0.3, -0.25) is 14.9 Å². The highest BCUT2D eigenvalue weighted by molar-refractivity contribution is 6.01. The molecule has 0 saturated carbocycles. The second-order valence-corrected chi connectivity index (χ2v) is 5.55. The van der Waals surface area contributed by atoms with Crippen LogP contribution < -0.4 is 20.9 Å². The van der Waals surface area contributed by atoms with E-state index in [9.17, 15) is 14.0 Å². The Hall–Kier alpha value is -1.86. The standard InChI is InChI=1S/C15H19FN4O2.ClH/c16-11-9-10(18-12-2-4-14(21)19-15(12)22)1-3-13(11)20-7-5-17-6-8-20;/h1,3,9,12,17-18H,2,4-8H2,(H,19,21,22);1H. The fourth-order valence-electron chi connectivity index (χ4n) is 2.79. The van der Waals surface area contributed by atoms with Crippen molar-refractivity contribution in [2.45, 2.75) is 18.9 Å². The molecule has 1 atom stereocenters. The lowest BCUT2D eigenvalue weighted by Crippen LogP contribution is -2.47. The average molecular weight is 343 g/mol. The number of hydrogen-bond acceptors (Lipinski definition) is 5. The molecule has 0 spiro atoms. The molecule has 0 radical (unpaired) electrons. The lowest BCUT2D eigenvalue weighted by molar-refractivity contribution is -0.133. The van der Waals surface area contributed by atoms with Crippen molar-refractivity contribution in [2.75, 3.05) is 36.4 Å². The molecule has 1 unspecified atom stereocenters. The maximum atomic E-state index is 14.3. The predicted molar refractivity (Wildman–Crippen MR) is 88.5 cm³/mol. The van der Waals surface area contributed by atoms with Gasteiger partial charge in [0.15, 0.2) is 0 Å². The van der Waals surface area contributed by atoms with Gasteiger partial charge >= 0.3 is 0 Å². The van der Waals surface area contributed by atoms with Crippen molar-refractivity contribution in [2.24, 2.45) is 0 Å². The number of halogens is 2. The molecule has 0 aliphatic carbocycles. The molecular weight excluding hydrogens is 323 g/mol. The van der Waals surface area contributed by atoms with E-state index in [2.05, 4.69) is 16.0 Å². The number of imide groups is 1. The largest absolute Gasteiger partial charge is 0.374 e. The monoisotopic (exact) mass is 342 g/mol. The van der Waals surface area contributed by atoms with E-state index in [4.69, 9.17) is 0 Å². The van der Waals surface area contributed by atoms with Gasteiger partial charge in [-0.1, -0.05) is 0 Å². The molecule has 3 rings (SSSR count). The summed E-state index contributed by atoms with van der Waals surface area (Å²) in [5, 5.41) is 8.49. The number of nitrogens with zero attached hydrogens (tertiary/aromatic N) is 1. The Morgan fingerprint density at radius 1 is 1.22 bits per heavy atom. The number of amides is 2. The summed E-state index contributed by atoms with van der Waals surface area (Å²) >= 11 is 0. The highest BCUT2D eigenvalue weighted by atomic mass is 35.5. The van der Waals surface area contributed by atoms with Gasteiger partial charge in [0.05, 0.1) is 5.69 Å². The van der Waals surface area contributed by atoms with Gasteiger partial charge < -0.3 is 15.5 Å². The minimum absolute atomic E-state index is 0. The molecule has 1 aromatic carbocycles. The van der Waals surface area contributed by atoms with Crippen molar-refractivity contribution in [3.05, 3.63) is 24.0 Å². The first kappa shape index (κ1) is 17.5. The Labute approximate surface area is 140 Å². The molecule has 2 aliphatic rings. The van der Waals surface area contributed by atoms with Gasteiger partial charge in [0, 0.05) is 38.3 Å². The lowest BCUT2D eigenvalue weighted by Gasteiger charge is -2.30. The normalized spacial score (nSPS) is 21.4. The zero-order valence-electron chi connectivity index (χ0n) is 12.6. The van der Waals surface area contributed by atoms with Gasteiger partial charge in [-0.2, -0.15) is 0 Å². The van der Waals surface area contributed by atoms with Crippen LogP contribution in [0.5, 0.6) is 0 Å². The van der Waals surface area contributed by atoms with Gasteiger partial charge in [-0.15, -0.1) is 12.4 Å². The molecule has 6 nitrogen and oxygen atoms in total. The van der Waals surface area contributed by atoms with Crippen molar-refractivity contribution in [3.8, 4) is 0 Å². The first-order valence-electron chi connectivity index (χ1n) is 7.49. The summed E-state index contributed by atoms with van der Waals surface area (Å²) in [7, 11) is 0. The highest BCUT2D eigenvalue weighted by Crippen LogP contribution is 2.24. The van der Waals surface area contributed by atoms with Gasteiger partial charge in [-0.25, -0.2) is 4.39 Å². The van der Waals surface area contributed by atoms with Crippen LogP contribution in [0.4, 0.5) is 15.8 Å². The molecule has 0 bridgehead atoms. The average Bonchev–Trinajstić information content (AvgIpc) is 2.51. The Bertz CT molecular complexity index is 593. The van der Waals surface area contributed by atoms with E-state index in [1.807, 2.05) is 4.90 Å². The van der Waals surface area contributed by atoms with Crippen LogP contribution in [0, 0.1) is 5.82 Å². The van der Waals surface area contributed by atoms with Crippen molar-refractivity contribution >= 4 is 35.6 Å². The van der Waals surface area contributed by atoms with Gasteiger partial charge in [-0.05, 0) is 24.6 Å². The minimum Gasteiger partial charge on any atom is -0.374 e. The van der Waals surface area contributed by atoms with Crippen molar-refractivity contribution in [1.82, 2.24) is 10.6 Å². The van der Waals surface area contributed by atoms with E-state index < -0.39 is 6.04 Å². The highest BCUT2D eigenvalue weighted by Gasteiger charge is 2.26. The summed E-state index contributed by atoms with van der Waals surface area (Å²) in [5.74, 6) is -0.926. The number of rotatable bonds is 3. The van der Waals surface area contributed by atoms with Gasteiger partial charge in [0.1, 0.15) is 11.9 Å². The molecule has 126 valence electrons. The molecule has 2 aliphatic heterocycles. The van der Waals surface area contributed by atoms with Crippen LogP contribution in [-0.4, -0.2) is 44.0 Å². The minimum atomic E-state index is -0.498. The third-order valence-corrected chi connectivity index (χ3v) is 3.99. The van der Waals surface area contributed by atoms with Crippen LogP contribution >= 0.6 is 12.4 Å². The first-order valence-corrected chi connectivity index (χ1v) is 7.49. The van der Waals surface area contributed by atoms with Crippen molar-refractivity contribution < 1.29 is 14.0 Å². The third kappa shape index (κ3) is 4.11. The van der Waals surface area contributed by atoms with Crippen LogP contribution in [0.25, 0.3) is 0 Å². The molecule has 1 aromatic rings. The molecular formula is C15H20ClFN4O2. The maximum absolute atomic E-state index is 14.3. The number of nitrogens with one attached hydrogen (secondary N) is 3. The molecule has 2 saturated heterocycles. The molecule has 8 heteroatoms. The van der Waals surface area contributed by atoms with E-state index in [0.29, 0.717) is 24.2 Å². The number of benzene rings is 1. The second-order valence-electron chi connectivity index (χ2n) is 5.55. The number of hydrogen-bond donors (Lipinski definition) is 3. The van der Waals surface area contributed by atoms with Crippen LogP contribution in [0.3, 0.4) is 0 Å². The Balaban J connectivity index is 0.00000192. The molecule has 23 heavy (non-hydrogen) atoms. The Kier molecular flexibility index (Phi) is 5.79. The lowest BCUT2D eigenvalue weighted by atomic mass is 10.1. The Morgan fingerprint density at radius 3 is 2.61 bits per heavy atom. The van der Waals surface area contributed by atoms with Crippen molar-refractivity contribution in [1.29, 1.82) is 0 Å². The number of piperazine rings is 1. The van der Waals surface area contributed by atoms with Crippen LogP contribution in [0.2, 0.25) is 0 Å². The predicted octanol–water partition coefficient (Wildman–Crippen LogP) is 0.874. The van der Waals surface area contributed by atoms with E-state index >= 15 is 0 Å². The Morgan fingerprint density at radius 2 is 1.96 bits per heavy atom. The van der Waals surface area contributed by atoms with Crippen molar-refractivity contribution in [3.63, 3.8) is 0 Å². The third-order valence-electron chi connectivity index (χ3n) is 3.99. The summed E-state index contributed by atoms with van der Waals surface area (Å²) in [5.41, 5.74) is 1.13. The zero-order chi connectivity index (χ0) is 15.5. The van der Waals surface area contributed by atoms with Crippen LogP contribution in [0.15, 0.2) is 18.2 Å². The topological polar surface area (TPSA) is 73.5 Å². The summed E-state index contributed by atoms with van der Waals surface area (Å²) in [6.07, 6.45) is 0.719. The molecule has 3 N–H and O–H groups in total. The SMILES string of the molecule is Cl.O=C1CCC(Nc2ccc(N3CCNCC3)c(F)c2)C(=O)N1. The number of carbonyl (C=O) groups is 2. The van der Waals surface area contributed by atoms with Gasteiger partial charge in [0.2, 0.25) is 11.8 Å². The second kappa shape index (κ2) is 7.61. The van der Waals surface area contributed by atoms with E-state index in [1.54, 1.807) is 12.1 Å². The van der Waals surface area contributed by atoms with Crippen LogP contribution in [0.1, 0.15) is 12.8 Å². The molecule has 2 heterocycles. The number of piperidine rings is 1. The maximum Gasteiger partial charge on any atom is 0.249 e. The molecule has 2 amide bonds. The number of carbonyl (C=O) groups excluding carboxylic acids is 2. The fourth-order valence-corrected chi connectivity index (χ4v) is 2.79. The number of anilines is 2. The van der Waals surface area contributed by atoms with Gasteiger partial charge in [0.25, 0.3) is 0 Å². The summed E-state index contributed by atoms with van der Waals surface area (Å²) < 4.78 is 14.3. The van der Waals surface area contributed by atoms with E-state index in [1.165, 1.54) is 6.07 Å². The first-order chi connectivity index (χ1) is 10.6. The van der Waals surface area contributed by atoms with Crippen LogP contribution in [-0.2, 0) is 9.59 Å².